The molecule has 0 spiro atoms. The maximum Gasteiger partial charge on any atom is 0.341 e. The quantitative estimate of drug-likeness (QED) is 0.492. The Morgan fingerprint density at radius 1 is 0.929 bits per heavy atom. The number of benzene rings is 3. The summed E-state index contributed by atoms with van der Waals surface area (Å²) < 4.78 is 11.2. The van der Waals surface area contributed by atoms with E-state index in [0.717, 1.165) is 20.9 Å². The van der Waals surface area contributed by atoms with Crippen LogP contribution in [0, 0.1) is 0 Å². The van der Waals surface area contributed by atoms with E-state index in [1.165, 1.54) is 25.6 Å². The summed E-state index contributed by atoms with van der Waals surface area (Å²) >= 11 is 1.33. The highest BCUT2D eigenvalue weighted by molar-refractivity contribution is 7.23. The lowest BCUT2D eigenvalue weighted by molar-refractivity contribution is 0.0604. The lowest BCUT2D eigenvalue weighted by Gasteiger charge is -2.11. The largest absolute Gasteiger partial charge is 0.496 e. The van der Waals surface area contributed by atoms with Crippen LogP contribution >= 0.6 is 11.3 Å². The fourth-order valence-corrected chi connectivity index (χ4v) is 4.26. The van der Waals surface area contributed by atoms with Gasteiger partial charge in [-0.3, -0.25) is 4.79 Å². The summed E-state index contributed by atoms with van der Waals surface area (Å²) in [5.41, 5.74) is 0.755. The molecule has 28 heavy (non-hydrogen) atoms. The van der Waals surface area contributed by atoms with Crippen LogP contribution in [0.5, 0.6) is 5.75 Å². The summed E-state index contributed by atoms with van der Waals surface area (Å²) in [4.78, 5) is 25.4. The van der Waals surface area contributed by atoms with Crippen LogP contribution in [0.1, 0.15) is 20.7 Å². The lowest BCUT2D eigenvalue weighted by atomic mass is 10.1. The van der Waals surface area contributed by atoms with Gasteiger partial charge in [0.15, 0.2) is 0 Å². The van der Waals surface area contributed by atoms with Crippen molar-refractivity contribution >= 4 is 49.1 Å². The lowest BCUT2D eigenvalue weighted by Crippen LogP contribution is -2.15. The number of methoxy groups -OCH3 is 2. The first-order valence-corrected chi connectivity index (χ1v) is 9.42. The van der Waals surface area contributed by atoms with Crippen LogP contribution in [0.2, 0.25) is 0 Å². The van der Waals surface area contributed by atoms with E-state index in [1.807, 2.05) is 54.6 Å². The van der Waals surface area contributed by atoms with Crippen LogP contribution in [0.15, 0.2) is 60.7 Å². The molecule has 6 heteroatoms. The van der Waals surface area contributed by atoms with E-state index in [-0.39, 0.29) is 5.91 Å². The monoisotopic (exact) mass is 391 g/mol. The summed E-state index contributed by atoms with van der Waals surface area (Å²) in [7, 11) is 2.85. The van der Waals surface area contributed by atoms with Gasteiger partial charge in [-0.15, -0.1) is 11.3 Å². The zero-order valence-electron chi connectivity index (χ0n) is 15.3. The first-order chi connectivity index (χ1) is 13.6. The zero-order valence-corrected chi connectivity index (χ0v) is 16.1. The molecule has 1 aromatic heterocycles. The Kier molecular flexibility index (Phi) is 4.71. The number of rotatable bonds is 4. The van der Waals surface area contributed by atoms with Crippen molar-refractivity contribution in [3.8, 4) is 5.75 Å². The number of hydrogen-bond acceptors (Lipinski definition) is 5. The van der Waals surface area contributed by atoms with Gasteiger partial charge in [0.1, 0.15) is 16.3 Å². The molecule has 0 unspecified atom stereocenters. The number of esters is 1. The molecule has 1 heterocycles. The van der Waals surface area contributed by atoms with Crippen molar-refractivity contribution in [3.05, 3.63) is 71.8 Å². The van der Waals surface area contributed by atoms with Crippen molar-refractivity contribution in [2.75, 3.05) is 19.5 Å². The molecule has 4 rings (SSSR count). The highest BCUT2D eigenvalue weighted by Crippen LogP contribution is 2.37. The second-order valence-corrected chi connectivity index (χ2v) is 7.20. The molecule has 0 aliphatic heterocycles. The van der Waals surface area contributed by atoms with Crippen molar-refractivity contribution in [1.82, 2.24) is 0 Å². The van der Waals surface area contributed by atoms with E-state index < -0.39 is 5.97 Å². The van der Waals surface area contributed by atoms with Gasteiger partial charge >= 0.3 is 5.97 Å². The third-order valence-electron chi connectivity index (χ3n) is 4.52. The molecule has 140 valence electrons. The first kappa shape index (κ1) is 18.0. The number of ether oxygens (including phenoxy) is 2. The van der Waals surface area contributed by atoms with Crippen LogP contribution < -0.4 is 10.1 Å². The molecule has 0 fully saturated rings. The van der Waals surface area contributed by atoms with Crippen molar-refractivity contribution in [2.24, 2.45) is 0 Å². The van der Waals surface area contributed by atoms with Crippen LogP contribution in [0.4, 0.5) is 5.00 Å². The summed E-state index contributed by atoms with van der Waals surface area (Å²) in [5, 5.41) is 5.98. The molecule has 0 atom stereocenters. The molecule has 0 saturated heterocycles. The third-order valence-corrected chi connectivity index (χ3v) is 5.61. The number of thiophene rings is 1. The Bertz CT molecular complexity index is 1210. The molecule has 1 amide bonds. The second kappa shape index (κ2) is 7.32. The van der Waals surface area contributed by atoms with Gasteiger partial charge in [-0.1, -0.05) is 42.5 Å². The molecule has 0 aliphatic rings. The summed E-state index contributed by atoms with van der Waals surface area (Å²) in [6.07, 6.45) is 0. The van der Waals surface area contributed by atoms with E-state index in [9.17, 15) is 9.59 Å². The van der Waals surface area contributed by atoms with Gasteiger partial charge < -0.3 is 14.8 Å². The molecule has 0 bridgehead atoms. The number of nitrogens with one attached hydrogen (secondary N) is 1. The fraction of sp³-hybridized carbons (Fsp3) is 0.0909. The van der Waals surface area contributed by atoms with Gasteiger partial charge in [-0.25, -0.2) is 4.79 Å². The Labute approximate surface area is 165 Å². The van der Waals surface area contributed by atoms with Crippen LogP contribution in [-0.4, -0.2) is 26.1 Å². The third kappa shape index (κ3) is 3.08. The van der Waals surface area contributed by atoms with Crippen molar-refractivity contribution < 1.29 is 19.1 Å². The van der Waals surface area contributed by atoms with Gasteiger partial charge in [0.05, 0.1) is 19.8 Å². The van der Waals surface area contributed by atoms with Gasteiger partial charge in [-0.2, -0.15) is 0 Å². The Morgan fingerprint density at radius 3 is 2.32 bits per heavy atom. The normalized spacial score (nSPS) is 10.8. The molecule has 1 N–H and O–H groups in total. The Balaban J connectivity index is 1.79. The first-order valence-electron chi connectivity index (χ1n) is 8.60. The van der Waals surface area contributed by atoms with Crippen molar-refractivity contribution in [2.45, 2.75) is 0 Å². The molecule has 0 saturated carbocycles. The van der Waals surface area contributed by atoms with Gasteiger partial charge in [-0.05, 0) is 29.0 Å². The minimum atomic E-state index is -0.488. The Morgan fingerprint density at radius 2 is 1.61 bits per heavy atom. The van der Waals surface area contributed by atoms with Gasteiger partial charge in [0.25, 0.3) is 5.91 Å². The topological polar surface area (TPSA) is 64.6 Å². The van der Waals surface area contributed by atoms with Crippen LogP contribution in [0.25, 0.3) is 20.9 Å². The molecule has 0 radical (unpaired) electrons. The standard InChI is InChI=1S/C22H17NO4S/c1-26-17-12-14-8-4-3-7-13(14)11-16(17)20(24)23-21-19(22(25)27-2)15-9-5-6-10-18(15)28-21/h3-12H,1-2H3,(H,23,24). The summed E-state index contributed by atoms with van der Waals surface area (Å²) in [5.74, 6) is -0.366. The average Bonchev–Trinajstić information content (AvgIpc) is 3.09. The highest BCUT2D eigenvalue weighted by atomic mass is 32.1. The van der Waals surface area contributed by atoms with E-state index in [0.29, 0.717) is 21.9 Å². The van der Waals surface area contributed by atoms with Crippen LogP contribution in [0.3, 0.4) is 0 Å². The molecule has 3 aromatic carbocycles. The number of fused-ring (bicyclic) bond motifs is 2. The summed E-state index contributed by atoms with van der Waals surface area (Å²) in [6, 6.07) is 18.8. The minimum Gasteiger partial charge on any atom is -0.496 e. The molecular formula is C22H17NO4S. The SMILES string of the molecule is COC(=O)c1c(NC(=O)c2cc3ccccc3cc2OC)sc2ccccc12. The molecule has 0 aliphatic carbocycles. The van der Waals surface area contributed by atoms with Gasteiger partial charge in [0.2, 0.25) is 0 Å². The average molecular weight is 391 g/mol. The van der Waals surface area contributed by atoms with Crippen molar-refractivity contribution in [3.63, 3.8) is 0 Å². The fourth-order valence-electron chi connectivity index (χ4n) is 3.17. The number of hydrogen-bond donors (Lipinski definition) is 1. The van der Waals surface area contributed by atoms with Crippen LogP contribution in [-0.2, 0) is 4.74 Å². The molecule has 4 aromatic rings. The number of amides is 1. The second-order valence-electron chi connectivity index (χ2n) is 6.15. The number of carbonyl (C=O) groups excluding carboxylic acids is 2. The Hall–Kier alpha value is -3.38. The van der Waals surface area contributed by atoms with E-state index in [2.05, 4.69) is 5.32 Å². The maximum atomic E-state index is 13.0. The molecule has 5 nitrogen and oxygen atoms in total. The number of anilines is 1. The molecular weight excluding hydrogens is 374 g/mol. The minimum absolute atomic E-state index is 0.348. The zero-order chi connectivity index (χ0) is 19.7. The smallest absolute Gasteiger partial charge is 0.341 e. The van der Waals surface area contributed by atoms with E-state index >= 15 is 0 Å². The summed E-state index contributed by atoms with van der Waals surface area (Å²) in [6.45, 7) is 0. The number of carbonyl (C=O) groups is 2. The highest BCUT2D eigenvalue weighted by Gasteiger charge is 2.22. The van der Waals surface area contributed by atoms with E-state index in [1.54, 1.807) is 6.07 Å². The van der Waals surface area contributed by atoms with Gasteiger partial charge in [0, 0.05) is 10.1 Å². The maximum absolute atomic E-state index is 13.0. The predicted octanol–water partition coefficient (Wildman–Crippen LogP) is 5.10. The predicted molar refractivity (Wildman–Crippen MR) is 112 cm³/mol. The van der Waals surface area contributed by atoms with E-state index in [4.69, 9.17) is 9.47 Å². The van der Waals surface area contributed by atoms with Crippen molar-refractivity contribution in [1.29, 1.82) is 0 Å².